The Labute approximate surface area is 99.0 Å². The van der Waals surface area contributed by atoms with Crippen molar-refractivity contribution in [2.24, 2.45) is 0 Å². The minimum atomic E-state index is 0.750. The number of aromatic nitrogens is 1. The van der Waals surface area contributed by atoms with Crippen LogP contribution in [0.1, 0.15) is 11.3 Å². The van der Waals surface area contributed by atoms with Gasteiger partial charge in [0.1, 0.15) is 4.99 Å². The molecule has 0 fully saturated rings. The van der Waals surface area contributed by atoms with Crippen LogP contribution in [0.3, 0.4) is 0 Å². The number of fused-ring (bicyclic) bond motifs is 3. The van der Waals surface area contributed by atoms with Gasteiger partial charge in [0.2, 0.25) is 0 Å². The van der Waals surface area contributed by atoms with Gasteiger partial charge in [0.15, 0.2) is 0 Å². The predicted octanol–water partition coefficient (Wildman–Crippen LogP) is 2.26. The maximum Gasteiger partial charge on any atom is 0.150 e. The van der Waals surface area contributed by atoms with Gasteiger partial charge in [-0.25, -0.2) is 5.06 Å². The molecule has 0 saturated heterocycles. The number of nitrogens with one attached hydrogen (secondary N) is 1. The lowest BCUT2D eigenvalue weighted by atomic mass is 10.0. The fourth-order valence-corrected chi connectivity index (χ4v) is 2.60. The van der Waals surface area contributed by atoms with Crippen molar-refractivity contribution >= 4 is 28.1 Å². The third-order valence-corrected chi connectivity index (χ3v) is 3.45. The Morgan fingerprint density at radius 2 is 2.19 bits per heavy atom. The summed E-state index contributed by atoms with van der Waals surface area (Å²) in [6.07, 6.45) is 0.966. The molecule has 0 atom stereocenters. The number of H-pyrrole nitrogens is 1. The van der Waals surface area contributed by atoms with Gasteiger partial charge in [0, 0.05) is 10.9 Å². The SMILES string of the molecule is CON1CCc2c([nH]c3ccccc23)C1=S. The number of rotatable bonds is 1. The van der Waals surface area contributed by atoms with Crippen molar-refractivity contribution in [3.05, 3.63) is 35.5 Å². The third-order valence-electron chi connectivity index (χ3n) is 3.04. The molecule has 0 saturated carbocycles. The summed E-state index contributed by atoms with van der Waals surface area (Å²) < 4.78 is 0. The van der Waals surface area contributed by atoms with Gasteiger partial charge in [-0.2, -0.15) is 0 Å². The van der Waals surface area contributed by atoms with E-state index >= 15 is 0 Å². The second-order valence-corrected chi connectivity index (χ2v) is 4.25. The van der Waals surface area contributed by atoms with E-state index in [1.165, 1.54) is 10.9 Å². The number of thiocarbonyl (C=S) groups is 1. The minimum Gasteiger partial charge on any atom is -0.352 e. The van der Waals surface area contributed by atoms with Crippen LogP contribution in [0.2, 0.25) is 0 Å². The number of nitrogens with zero attached hydrogens (tertiary/aromatic N) is 1. The highest BCUT2D eigenvalue weighted by atomic mass is 32.1. The summed E-state index contributed by atoms with van der Waals surface area (Å²) in [6, 6.07) is 8.30. The maximum atomic E-state index is 5.39. The van der Waals surface area contributed by atoms with Crippen molar-refractivity contribution in [1.29, 1.82) is 0 Å². The van der Waals surface area contributed by atoms with Gasteiger partial charge in [-0.1, -0.05) is 30.4 Å². The third kappa shape index (κ3) is 1.27. The van der Waals surface area contributed by atoms with Crippen molar-refractivity contribution in [2.75, 3.05) is 13.7 Å². The first-order valence-electron chi connectivity index (χ1n) is 5.27. The summed E-state index contributed by atoms with van der Waals surface area (Å²) in [5.41, 5.74) is 3.49. The molecule has 0 aliphatic carbocycles. The largest absolute Gasteiger partial charge is 0.352 e. The van der Waals surface area contributed by atoms with E-state index in [2.05, 4.69) is 23.2 Å². The molecule has 0 amide bonds. The lowest BCUT2D eigenvalue weighted by Gasteiger charge is -2.26. The van der Waals surface area contributed by atoms with Crippen LogP contribution >= 0.6 is 12.2 Å². The molecule has 1 aromatic carbocycles. The van der Waals surface area contributed by atoms with Gasteiger partial charge in [-0.15, -0.1) is 0 Å². The van der Waals surface area contributed by atoms with Crippen LogP contribution in [0.4, 0.5) is 0 Å². The van der Waals surface area contributed by atoms with Crippen LogP contribution in [-0.2, 0) is 11.3 Å². The van der Waals surface area contributed by atoms with Crippen LogP contribution in [0, 0.1) is 0 Å². The minimum absolute atomic E-state index is 0.750. The highest BCUT2D eigenvalue weighted by Crippen LogP contribution is 2.27. The zero-order valence-electron chi connectivity index (χ0n) is 8.99. The summed E-state index contributed by atoms with van der Waals surface area (Å²) in [5, 5.41) is 3.03. The Hall–Kier alpha value is -1.39. The molecule has 82 valence electrons. The molecular weight excluding hydrogens is 220 g/mol. The molecule has 4 heteroatoms. The Morgan fingerprint density at radius 3 is 3.00 bits per heavy atom. The second-order valence-electron chi connectivity index (χ2n) is 3.86. The monoisotopic (exact) mass is 232 g/mol. The van der Waals surface area contributed by atoms with Crippen molar-refractivity contribution < 1.29 is 4.84 Å². The molecule has 16 heavy (non-hydrogen) atoms. The molecule has 1 aliphatic rings. The van der Waals surface area contributed by atoms with Gasteiger partial charge < -0.3 is 4.98 Å². The first kappa shape index (κ1) is 9.81. The van der Waals surface area contributed by atoms with Gasteiger partial charge in [-0.3, -0.25) is 4.84 Å². The second kappa shape index (κ2) is 3.57. The lowest BCUT2D eigenvalue weighted by molar-refractivity contribution is -0.0627. The smallest absolute Gasteiger partial charge is 0.150 e. The maximum absolute atomic E-state index is 5.39. The Morgan fingerprint density at radius 1 is 1.38 bits per heavy atom. The van der Waals surface area contributed by atoms with Crippen molar-refractivity contribution in [3.8, 4) is 0 Å². The van der Waals surface area contributed by atoms with E-state index in [9.17, 15) is 0 Å². The molecule has 0 spiro atoms. The van der Waals surface area contributed by atoms with Gasteiger partial charge in [0.05, 0.1) is 19.3 Å². The molecule has 0 unspecified atom stereocenters. The molecular formula is C12H12N2OS. The number of hydrogen-bond donors (Lipinski definition) is 1. The number of hydrogen-bond acceptors (Lipinski definition) is 2. The molecule has 2 aromatic rings. The van der Waals surface area contributed by atoms with Crippen LogP contribution in [0.25, 0.3) is 10.9 Å². The number of benzene rings is 1. The molecule has 3 nitrogen and oxygen atoms in total. The van der Waals surface area contributed by atoms with Gasteiger partial charge >= 0.3 is 0 Å². The highest BCUT2D eigenvalue weighted by Gasteiger charge is 2.24. The first-order chi connectivity index (χ1) is 7.81. The Bertz CT molecular complexity index is 561. The highest BCUT2D eigenvalue weighted by molar-refractivity contribution is 7.80. The molecule has 1 aliphatic heterocycles. The topological polar surface area (TPSA) is 28.3 Å². The zero-order chi connectivity index (χ0) is 11.1. The van der Waals surface area contributed by atoms with Crippen LogP contribution in [0.5, 0.6) is 0 Å². The normalized spacial score (nSPS) is 15.6. The van der Waals surface area contributed by atoms with E-state index in [1.807, 2.05) is 6.07 Å². The quantitative estimate of drug-likeness (QED) is 0.764. The van der Waals surface area contributed by atoms with E-state index in [-0.39, 0.29) is 0 Å². The van der Waals surface area contributed by atoms with Crippen LogP contribution < -0.4 is 0 Å². The van der Waals surface area contributed by atoms with Gasteiger partial charge in [-0.05, 0) is 18.1 Å². The van der Waals surface area contributed by atoms with E-state index in [0.717, 1.165) is 29.2 Å². The summed E-state index contributed by atoms with van der Waals surface area (Å²) in [6.45, 7) is 0.824. The lowest BCUT2D eigenvalue weighted by Crippen LogP contribution is -2.35. The first-order valence-corrected chi connectivity index (χ1v) is 5.67. The Balaban J connectivity index is 2.21. The predicted molar refractivity (Wildman–Crippen MR) is 67.4 cm³/mol. The van der Waals surface area contributed by atoms with Crippen molar-refractivity contribution in [2.45, 2.75) is 6.42 Å². The van der Waals surface area contributed by atoms with Crippen molar-refractivity contribution in [1.82, 2.24) is 10.0 Å². The summed E-state index contributed by atoms with van der Waals surface area (Å²) in [4.78, 5) is 9.35. The molecule has 2 heterocycles. The number of hydroxylamine groups is 2. The average molecular weight is 232 g/mol. The number of para-hydroxylation sites is 1. The molecule has 3 rings (SSSR count). The summed E-state index contributed by atoms with van der Waals surface area (Å²) >= 11 is 5.39. The van der Waals surface area contributed by atoms with E-state index in [0.29, 0.717) is 0 Å². The Kier molecular flexibility index (Phi) is 2.19. The van der Waals surface area contributed by atoms with Crippen LogP contribution in [0.15, 0.2) is 24.3 Å². The molecule has 0 radical (unpaired) electrons. The molecule has 0 bridgehead atoms. The summed E-state index contributed by atoms with van der Waals surface area (Å²) in [5.74, 6) is 0. The fourth-order valence-electron chi connectivity index (χ4n) is 2.26. The van der Waals surface area contributed by atoms with E-state index in [4.69, 9.17) is 17.1 Å². The number of aromatic amines is 1. The summed E-state index contributed by atoms with van der Waals surface area (Å²) in [7, 11) is 1.65. The standard InChI is InChI=1S/C12H12N2OS/c1-15-14-7-6-9-8-4-2-3-5-10(8)13-11(9)12(14)16/h2-5,13H,6-7H2,1H3. The van der Waals surface area contributed by atoms with E-state index in [1.54, 1.807) is 12.2 Å². The molecule has 1 N–H and O–H groups in total. The van der Waals surface area contributed by atoms with Crippen molar-refractivity contribution in [3.63, 3.8) is 0 Å². The average Bonchev–Trinajstić information content (AvgIpc) is 2.69. The molecule has 1 aromatic heterocycles. The zero-order valence-corrected chi connectivity index (χ0v) is 9.80. The fraction of sp³-hybridized carbons (Fsp3) is 0.250. The van der Waals surface area contributed by atoms with Gasteiger partial charge in [0.25, 0.3) is 0 Å². The van der Waals surface area contributed by atoms with Crippen LogP contribution in [-0.4, -0.2) is 28.7 Å². The van der Waals surface area contributed by atoms with E-state index < -0.39 is 0 Å².